The Morgan fingerprint density at radius 3 is 1.74 bits per heavy atom. The molecule has 0 radical (unpaired) electrons. The lowest BCUT2D eigenvalue weighted by Gasteiger charge is -2.41. The number of hydrogen-bond acceptors (Lipinski definition) is 3. The molecule has 0 unspecified atom stereocenters. The van der Waals surface area contributed by atoms with E-state index in [1.807, 2.05) is 61.6 Å². The molecule has 134 valence electrons. The number of hydrogen-bond donors (Lipinski definition) is 0. The van der Waals surface area contributed by atoms with Crippen LogP contribution in [0.5, 0.6) is 0 Å². The first-order valence-electron chi connectivity index (χ1n) is 9.27. The molecular formula is C23H21N3O. The highest BCUT2D eigenvalue weighted by Gasteiger charge is 2.60. The second-order valence-electron chi connectivity index (χ2n) is 7.03. The summed E-state index contributed by atoms with van der Waals surface area (Å²) in [5.41, 5.74) is 3.30. The zero-order chi connectivity index (χ0) is 18.4. The van der Waals surface area contributed by atoms with E-state index in [1.54, 1.807) is 4.90 Å². The van der Waals surface area contributed by atoms with Crippen LogP contribution in [-0.4, -0.2) is 26.0 Å². The van der Waals surface area contributed by atoms with Gasteiger partial charge in [-0.15, -0.1) is 0 Å². The van der Waals surface area contributed by atoms with Gasteiger partial charge in [-0.1, -0.05) is 54.6 Å². The number of carbonyl (C=O) groups excluding carboxylic acids is 1. The Labute approximate surface area is 159 Å². The molecule has 4 nitrogen and oxygen atoms in total. The Kier molecular flexibility index (Phi) is 3.47. The van der Waals surface area contributed by atoms with Crippen molar-refractivity contribution in [3.05, 3.63) is 90.5 Å². The van der Waals surface area contributed by atoms with Crippen molar-refractivity contribution < 1.29 is 4.79 Å². The Morgan fingerprint density at radius 1 is 0.704 bits per heavy atom. The Hall–Kier alpha value is -3.27. The van der Waals surface area contributed by atoms with Crippen LogP contribution in [0.15, 0.2) is 84.9 Å². The smallest absolute Gasteiger partial charge is 0.278 e. The average molecular weight is 355 g/mol. The third-order valence-electron chi connectivity index (χ3n) is 5.71. The minimum Gasteiger partial charge on any atom is -0.335 e. The van der Waals surface area contributed by atoms with Gasteiger partial charge in [0.25, 0.3) is 5.91 Å². The lowest BCUT2D eigenvalue weighted by molar-refractivity contribution is -0.122. The maximum Gasteiger partial charge on any atom is 0.278 e. The van der Waals surface area contributed by atoms with Crippen molar-refractivity contribution in [1.82, 2.24) is 0 Å². The molecule has 1 amide bonds. The van der Waals surface area contributed by atoms with Crippen molar-refractivity contribution >= 4 is 23.0 Å². The van der Waals surface area contributed by atoms with Crippen LogP contribution >= 0.6 is 0 Å². The van der Waals surface area contributed by atoms with Gasteiger partial charge in [0.05, 0.1) is 5.69 Å². The second kappa shape index (κ2) is 5.88. The van der Waals surface area contributed by atoms with Crippen molar-refractivity contribution in [3.63, 3.8) is 0 Å². The number of nitrogens with zero attached hydrogens (tertiary/aromatic N) is 3. The third kappa shape index (κ3) is 2.07. The minimum atomic E-state index is -0.853. The van der Waals surface area contributed by atoms with Gasteiger partial charge in [0.15, 0.2) is 0 Å². The van der Waals surface area contributed by atoms with Gasteiger partial charge in [-0.05, 0) is 30.3 Å². The number of likely N-dealkylation sites (N-methyl/N-ethyl adjacent to an activating group) is 1. The number of para-hydroxylation sites is 3. The van der Waals surface area contributed by atoms with Gasteiger partial charge in [-0.25, -0.2) is 0 Å². The predicted octanol–water partition coefficient (Wildman–Crippen LogP) is 3.84. The molecule has 0 atom stereocenters. The van der Waals surface area contributed by atoms with E-state index < -0.39 is 5.66 Å². The van der Waals surface area contributed by atoms with Crippen LogP contribution in [0.2, 0.25) is 0 Å². The maximum absolute atomic E-state index is 13.8. The highest BCUT2D eigenvalue weighted by atomic mass is 16.2. The number of anilines is 3. The van der Waals surface area contributed by atoms with E-state index in [-0.39, 0.29) is 5.91 Å². The first-order chi connectivity index (χ1) is 13.2. The SMILES string of the molecule is CN1C(=O)C2(c3ccccc31)N(c1ccccc1)CCN2c1ccccc1. The number of rotatable bonds is 2. The predicted molar refractivity (Wildman–Crippen MR) is 109 cm³/mol. The van der Waals surface area contributed by atoms with Crippen LogP contribution in [0.4, 0.5) is 17.1 Å². The molecule has 27 heavy (non-hydrogen) atoms. The third-order valence-corrected chi connectivity index (χ3v) is 5.71. The van der Waals surface area contributed by atoms with Crippen molar-refractivity contribution in [1.29, 1.82) is 0 Å². The van der Waals surface area contributed by atoms with E-state index >= 15 is 0 Å². The van der Waals surface area contributed by atoms with Gasteiger partial charge < -0.3 is 14.7 Å². The monoisotopic (exact) mass is 355 g/mol. The van der Waals surface area contributed by atoms with Crippen molar-refractivity contribution in [3.8, 4) is 0 Å². The van der Waals surface area contributed by atoms with Crippen molar-refractivity contribution in [2.45, 2.75) is 5.66 Å². The minimum absolute atomic E-state index is 0.0916. The fourth-order valence-corrected chi connectivity index (χ4v) is 4.56. The molecule has 0 saturated carbocycles. The number of benzene rings is 3. The summed E-state index contributed by atoms with van der Waals surface area (Å²) in [4.78, 5) is 20.1. The van der Waals surface area contributed by atoms with Crippen molar-refractivity contribution in [2.75, 3.05) is 34.8 Å². The van der Waals surface area contributed by atoms with E-state index in [0.717, 1.165) is 35.7 Å². The number of amides is 1. The highest BCUT2D eigenvalue weighted by molar-refractivity contribution is 6.11. The zero-order valence-corrected chi connectivity index (χ0v) is 15.2. The zero-order valence-electron chi connectivity index (χ0n) is 15.2. The van der Waals surface area contributed by atoms with E-state index in [0.29, 0.717) is 0 Å². The van der Waals surface area contributed by atoms with Gasteiger partial charge in [-0.2, -0.15) is 0 Å². The summed E-state index contributed by atoms with van der Waals surface area (Å²) in [6.07, 6.45) is 0. The molecule has 1 spiro atoms. The summed E-state index contributed by atoms with van der Waals surface area (Å²) in [5.74, 6) is 0.0916. The average Bonchev–Trinajstić information content (AvgIpc) is 3.23. The van der Waals surface area contributed by atoms with Crippen LogP contribution in [0.25, 0.3) is 0 Å². The van der Waals surface area contributed by atoms with Gasteiger partial charge in [-0.3, -0.25) is 4.79 Å². The first kappa shape index (κ1) is 15.9. The quantitative estimate of drug-likeness (QED) is 0.699. The van der Waals surface area contributed by atoms with Crippen LogP contribution in [0.3, 0.4) is 0 Å². The topological polar surface area (TPSA) is 26.8 Å². The van der Waals surface area contributed by atoms with Gasteiger partial charge in [0.2, 0.25) is 5.66 Å². The van der Waals surface area contributed by atoms with E-state index in [2.05, 4.69) is 40.1 Å². The molecule has 0 aromatic heterocycles. The summed E-state index contributed by atoms with van der Waals surface area (Å²) >= 11 is 0. The fourth-order valence-electron chi connectivity index (χ4n) is 4.56. The van der Waals surface area contributed by atoms with E-state index in [4.69, 9.17) is 0 Å². The molecule has 4 heteroatoms. The molecule has 0 N–H and O–H groups in total. The fraction of sp³-hybridized carbons (Fsp3) is 0.174. The summed E-state index contributed by atoms with van der Waals surface area (Å²) in [6, 6.07) is 28.6. The summed E-state index contributed by atoms with van der Waals surface area (Å²) in [5, 5.41) is 0. The van der Waals surface area contributed by atoms with Crippen LogP contribution < -0.4 is 14.7 Å². The molecular weight excluding hydrogens is 334 g/mol. The largest absolute Gasteiger partial charge is 0.335 e. The molecule has 3 aromatic rings. The first-order valence-corrected chi connectivity index (χ1v) is 9.27. The van der Waals surface area contributed by atoms with Gasteiger partial charge in [0.1, 0.15) is 0 Å². The van der Waals surface area contributed by atoms with E-state index in [9.17, 15) is 4.79 Å². The molecule has 2 heterocycles. The molecule has 2 aliphatic rings. The van der Waals surface area contributed by atoms with Crippen LogP contribution in [0, 0.1) is 0 Å². The van der Waals surface area contributed by atoms with Gasteiger partial charge >= 0.3 is 0 Å². The highest BCUT2D eigenvalue weighted by Crippen LogP contribution is 2.51. The molecule has 2 aliphatic heterocycles. The second-order valence-corrected chi connectivity index (χ2v) is 7.03. The van der Waals surface area contributed by atoms with Gasteiger partial charge in [0, 0.05) is 37.1 Å². The number of fused-ring (bicyclic) bond motifs is 2. The molecule has 0 bridgehead atoms. The normalized spacial score (nSPS) is 17.7. The van der Waals surface area contributed by atoms with Crippen LogP contribution in [-0.2, 0) is 10.5 Å². The summed E-state index contributed by atoms with van der Waals surface area (Å²) in [6.45, 7) is 1.57. The summed E-state index contributed by atoms with van der Waals surface area (Å²) in [7, 11) is 1.88. The van der Waals surface area contributed by atoms with Crippen LogP contribution in [0.1, 0.15) is 5.56 Å². The maximum atomic E-state index is 13.8. The standard InChI is InChI=1S/C23H21N3O/c1-24-21-15-9-8-14-20(21)23(22(24)27)25(18-10-4-2-5-11-18)16-17-26(23)19-12-6-3-7-13-19/h2-15H,16-17H2,1H3. The number of carbonyl (C=O) groups is 1. The molecule has 0 aliphatic carbocycles. The Morgan fingerprint density at radius 2 is 1.19 bits per heavy atom. The lowest BCUT2D eigenvalue weighted by atomic mass is 9.97. The Bertz CT molecular complexity index is 939. The van der Waals surface area contributed by atoms with Crippen molar-refractivity contribution in [2.24, 2.45) is 0 Å². The molecule has 5 rings (SSSR count). The molecule has 3 aromatic carbocycles. The molecule has 1 saturated heterocycles. The summed E-state index contributed by atoms with van der Waals surface area (Å²) < 4.78 is 0. The van der Waals surface area contributed by atoms with E-state index in [1.165, 1.54) is 0 Å². The Balaban J connectivity index is 1.78. The lowest BCUT2D eigenvalue weighted by Crippen LogP contribution is -2.57. The molecule has 1 fully saturated rings.